The number of nitrogens with zero attached hydrogens (tertiary/aromatic N) is 2. The average molecular weight is 325 g/mol. The molecule has 6 nitrogen and oxygen atoms in total. The number of nitro groups is 1. The van der Waals surface area contributed by atoms with Crippen LogP contribution in [-0.4, -0.2) is 16.0 Å². The molecule has 1 heterocycles. The molecule has 23 heavy (non-hydrogen) atoms. The van der Waals surface area contributed by atoms with Crippen LogP contribution in [0.5, 0.6) is 0 Å². The minimum absolute atomic E-state index is 0.0130. The number of rotatable bonds is 3. The maximum Gasteiger partial charge on any atom is 0.270 e. The number of amides is 1. The Kier molecular flexibility index (Phi) is 4.20. The van der Waals surface area contributed by atoms with E-state index in [1.165, 1.54) is 23.9 Å². The van der Waals surface area contributed by atoms with Crippen LogP contribution in [0.3, 0.4) is 0 Å². The lowest BCUT2D eigenvalue weighted by molar-refractivity contribution is -0.384. The van der Waals surface area contributed by atoms with Crippen LogP contribution in [0.4, 0.5) is 11.4 Å². The molecule has 1 aliphatic rings. The van der Waals surface area contributed by atoms with Gasteiger partial charge in [-0.1, -0.05) is 30.3 Å². The van der Waals surface area contributed by atoms with E-state index in [0.717, 1.165) is 5.69 Å². The van der Waals surface area contributed by atoms with E-state index in [9.17, 15) is 14.9 Å². The third-order valence-electron chi connectivity index (χ3n) is 3.02. The van der Waals surface area contributed by atoms with Crippen molar-refractivity contribution in [2.24, 2.45) is 4.99 Å². The topological polar surface area (TPSA) is 84.6 Å². The number of hydrogen-bond acceptors (Lipinski definition) is 5. The summed E-state index contributed by atoms with van der Waals surface area (Å²) in [7, 11) is 0. The standard InChI is InChI=1S/C16H11N3O3S/c20-15-14(10-11-5-4-8-13(9-11)19(21)22)23-16(18-15)17-12-6-2-1-3-7-12/h1-10H,(H,17,18,20)/b14-10+. The van der Waals surface area contributed by atoms with Crippen molar-refractivity contribution in [3.05, 3.63) is 75.2 Å². The third kappa shape index (κ3) is 3.64. The molecule has 0 spiro atoms. The lowest BCUT2D eigenvalue weighted by Gasteiger charge is -1.96. The molecule has 0 aliphatic carbocycles. The fraction of sp³-hybridized carbons (Fsp3) is 0. The highest BCUT2D eigenvalue weighted by Gasteiger charge is 2.23. The molecule has 0 atom stereocenters. The van der Waals surface area contributed by atoms with Crippen LogP contribution < -0.4 is 5.32 Å². The van der Waals surface area contributed by atoms with Gasteiger partial charge < -0.3 is 5.32 Å². The fourth-order valence-corrected chi connectivity index (χ4v) is 2.82. The first-order chi connectivity index (χ1) is 11.1. The van der Waals surface area contributed by atoms with Crippen molar-refractivity contribution in [1.82, 2.24) is 5.32 Å². The van der Waals surface area contributed by atoms with Gasteiger partial charge in [0.2, 0.25) is 0 Å². The second kappa shape index (κ2) is 6.45. The molecule has 1 N–H and O–H groups in total. The van der Waals surface area contributed by atoms with Crippen molar-refractivity contribution in [2.75, 3.05) is 0 Å². The van der Waals surface area contributed by atoms with Crippen molar-refractivity contribution in [2.45, 2.75) is 0 Å². The smallest absolute Gasteiger partial charge is 0.270 e. The summed E-state index contributed by atoms with van der Waals surface area (Å²) in [5, 5.41) is 14.0. The first-order valence-corrected chi connectivity index (χ1v) is 7.52. The Morgan fingerprint density at radius 1 is 1.13 bits per heavy atom. The molecule has 114 valence electrons. The summed E-state index contributed by atoms with van der Waals surface area (Å²) in [4.78, 5) is 27.1. The molecule has 2 aromatic carbocycles. The zero-order valence-corrected chi connectivity index (χ0v) is 12.6. The third-order valence-corrected chi connectivity index (χ3v) is 3.93. The summed E-state index contributed by atoms with van der Waals surface area (Å²) in [6.45, 7) is 0. The van der Waals surface area contributed by atoms with Gasteiger partial charge in [-0.2, -0.15) is 0 Å². The van der Waals surface area contributed by atoms with E-state index >= 15 is 0 Å². The van der Waals surface area contributed by atoms with Crippen LogP contribution >= 0.6 is 11.8 Å². The van der Waals surface area contributed by atoms with E-state index in [-0.39, 0.29) is 11.6 Å². The number of nitro benzene ring substituents is 1. The summed E-state index contributed by atoms with van der Waals surface area (Å²) in [5.74, 6) is -0.267. The first kappa shape index (κ1) is 15.0. The van der Waals surface area contributed by atoms with Gasteiger partial charge in [0.25, 0.3) is 11.6 Å². The monoisotopic (exact) mass is 325 g/mol. The predicted molar refractivity (Wildman–Crippen MR) is 90.3 cm³/mol. The number of hydrogen-bond donors (Lipinski definition) is 1. The lowest BCUT2D eigenvalue weighted by Crippen LogP contribution is -2.19. The molecule has 1 amide bonds. The van der Waals surface area contributed by atoms with Crippen LogP contribution in [0.2, 0.25) is 0 Å². The number of aliphatic imine (C=N–C) groups is 1. The highest BCUT2D eigenvalue weighted by molar-refractivity contribution is 8.18. The maximum absolute atomic E-state index is 12.0. The van der Waals surface area contributed by atoms with Gasteiger partial charge in [0.05, 0.1) is 15.5 Å². The van der Waals surface area contributed by atoms with E-state index < -0.39 is 4.92 Å². The van der Waals surface area contributed by atoms with Crippen molar-refractivity contribution in [1.29, 1.82) is 0 Å². The Morgan fingerprint density at radius 2 is 1.91 bits per heavy atom. The molecule has 3 rings (SSSR count). The minimum atomic E-state index is -0.466. The molecule has 0 bridgehead atoms. The number of benzene rings is 2. The predicted octanol–water partition coefficient (Wildman–Crippen LogP) is 3.49. The normalized spacial score (nSPS) is 17.5. The molecular weight excluding hydrogens is 314 g/mol. The number of amidine groups is 1. The van der Waals surface area contributed by atoms with Gasteiger partial charge in [-0.15, -0.1) is 0 Å². The Bertz CT molecular complexity index is 831. The molecule has 1 fully saturated rings. The van der Waals surface area contributed by atoms with E-state index in [4.69, 9.17) is 0 Å². The van der Waals surface area contributed by atoms with Crippen LogP contribution in [-0.2, 0) is 4.79 Å². The molecule has 7 heteroatoms. The minimum Gasteiger partial charge on any atom is -0.300 e. The lowest BCUT2D eigenvalue weighted by atomic mass is 10.2. The van der Waals surface area contributed by atoms with Crippen LogP contribution in [0.15, 0.2) is 64.5 Å². The highest BCUT2D eigenvalue weighted by Crippen LogP contribution is 2.28. The molecular formula is C16H11N3O3S. The zero-order chi connectivity index (χ0) is 16.2. The number of nitrogens with one attached hydrogen (secondary N) is 1. The van der Waals surface area contributed by atoms with E-state index in [1.807, 2.05) is 30.3 Å². The van der Waals surface area contributed by atoms with Crippen molar-refractivity contribution >= 4 is 40.3 Å². The quantitative estimate of drug-likeness (QED) is 0.532. The van der Waals surface area contributed by atoms with E-state index in [2.05, 4.69) is 10.3 Å². The van der Waals surface area contributed by atoms with Crippen LogP contribution in [0.1, 0.15) is 5.56 Å². The van der Waals surface area contributed by atoms with Gasteiger partial charge in [0.1, 0.15) is 0 Å². The SMILES string of the molecule is O=C1NC(=Nc2ccccc2)S/C1=C/c1cccc([N+](=O)[O-])c1. The van der Waals surface area contributed by atoms with Gasteiger partial charge in [0, 0.05) is 12.1 Å². The maximum atomic E-state index is 12.0. The summed E-state index contributed by atoms with van der Waals surface area (Å²) in [6.07, 6.45) is 1.61. The van der Waals surface area contributed by atoms with Crippen molar-refractivity contribution in [3.8, 4) is 0 Å². The Labute approximate surface area is 136 Å². The largest absolute Gasteiger partial charge is 0.300 e. The second-order valence-electron chi connectivity index (χ2n) is 4.67. The summed E-state index contributed by atoms with van der Waals surface area (Å²) >= 11 is 1.20. The van der Waals surface area contributed by atoms with Gasteiger partial charge in [0.15, 0.2) is 5.17 Å². The Hall–Kier alpha value is -2.93. The summed E-state index contributed by atoms with van der Waals surface area (Å²) < 4.78 is 0. The summed E-state index contributed by atoms with van der Waals surface area (Å²) in [5.41, 5.74) is 1.32. The fourth-order valence-electron chi connectivity index (χ4n) is 1.98. The van der Waals surface area contributed by atoms with Gasteiger partial charge >= 0.3 is 0 Å². The molecule has 0 radical (unpaired) electrons. The molecule has 1 aliphatic heterocycles. The number of para-hydroxylation sites is 1. The van der Waals surface area contributed by atoms with Crippen LogP contribution in [0, 0.1) is 10.1 Å². The van der Waals surface area contributed by atoms with Gasteiger partial charge in [-0.3, -0.25) is 14.9 Å². The van der Waals surface area contributed by atoms with Crippen molar-refractivity contribution < 1.29 is 9.72 Å². The number of non-ortho nitro benzene ring substituents is 1. The van der Waals surface area contributed by atoms with Gasteiger partial charge in [-0.25, -0.2) is 4.99 Å². The molecule has 0 unspecified atom stereocenters. The molecule has 2 aromatic rings. The number of carbonyl (C=O) groups excluding carboxylic acids is 1. The number of carbonyl (C=O) groups is 1. The summed E-state index contributed by atoms with van der Waals surface area (Å²) in [6, 6.07) is 15.4. The van der Waals surface area contributed by atoms with Crippen molar-refractivity contribution in [3.63, 3.8) is 0 Å². The van der Waals surface area contributed by atoms with E-state index in [0.29, 0.717) is 15.6 Å². The Morgan fingerprint density at radius 3 is 2.65 bits per heavy atom. The first-order valence-electron chi connectivity index (χ1n) is 6.71. The highest BCUT2D eigenvalue weighted by atomic mass is 32.2. The number of thioether (sulfide) groups is 1. The second-order valence-corrected chi connectivity index (χ2v) is 5.70. The average Bonchev–Trinajstić information content (AvgIpc) is 2.88. The van der Waals surface area contributed by atoms with E-state index in [1.54, 1.807) is 18.2 Å². The molecule has 1 saturated heterocycles. The zero-order valence-electron chi connectivity index (χ0n) is 11.8. The molecule has 0 saturated carbocycles. The van der Waals surface area contributed by atoms with Crippen LogP contribution in [0.25, 0.3) is 6.08 Å². The Balaban J connectivity index is 1.84. The van der Waals surface area contributed by atoms with Gasteiger partial charge in [-0.05, 0) is 35.5 Å². The molecule has 0 aromatic heterocycles.